The molecule has 0 spiro atoms. The predicted octanol–water partition coefficient (Wildman–Crippen LogP) is 1.35. The summed E-state index contributed by atoms with van der Waals surface area (Å²) in [6.07, 6.45) is 1.91. The van der Waals surface area contributed by atoms with Gasteiger partial charge in [-0.15, -0.1) is 0 Å². The Morgan fingerprint density at radius 2 is 2.35 bits per heavy atom. The number of halogens is 1. The van der Waals surface area contributed by atoms with Crippen molar-refractivity contribution in [3.05, 3.63) is 35.8 Å². The third-order valence-corrected chi connectivity index (χ3v) is 2.68. The minimum absolute atomic E-state index is 0.244. The van der Waals surface area contributed by atoms with Gasteiger partial charge in [0.1, 0.15) is 11.9 Å². The van der Waals surface area contributed by atoms with Gasteiger partial charge in [-0.25, -0.2) is 4.39 Å². The van der Waals surface area contributed by atoms with Crippen molar-refractivity contribution in [1.29, 1.82) is 0 Å². The van der Waals surface area contributed by atoms with Crippen LogP contribution >= 0.6 is 0 Å². The summed E-state index contributed by atoms with van der Waals surface area (Å²) in [5.41, 5.74) is 7.02. The summed E-state index contributed by atoms with van der Waals surface area (Å²) < 4.78 is 18.2. The minimum Gasteiger partial charge on any atom is -0.468 e. The lowest BCUT2D eigenvalue weighted by Gasteiger charge is -2.08. The number of esters is 1. The number of methoxy groups -OCH3 is 1. The van der Waals surface area contributed by atoms with Crippen LogP contribution in [0.15, 0.2) is 24.4 Å². The molecular weight excluding hydrogens is 223 g/mol. The van der Waals surface area contributed by atoms with E-state index in [1.54, 1.807) is 18.3 Å². The highest BCUT2D eigenvalue weighted by Crippen LogP contribution is 2.22. The van der Waals surface area contributed by atoms with E-state index in [2.05, 4.69) is 9.72 Å². The fourth-order valence-electron chi connectivity index (χ4n) is 1.84. The molecule has 0 aliphatic rings. The van der Waals surface area contributed by atoms with Gasteiger partial charge in [-0.3, -0.25) is 4.79 Å². The largest absolute Gasteiger partial charge is 0.468 e. The smallest absolute Gasteiger partial charge is 0.322 e. The topological polar surface area (TPSA) is 68.1 Å². The van der Waals surface area contributed by atoms with Crippen LogP contribution in [-0.2, 0) is 16.0 Å². The molecule has 0 bridgehead atoms. The third kappa shape index (κ3) is 2.14. The number of benzene rings is 1. The highest BCUT2D eigenvalue weighted by atomic mass is 19.1. The minimum atomic E-state index is -0.779. The number of hydrogen-bond donors (Lipinski definition) is 2. The molecule has 17 heavy (non-hydrogen) atoms. The van der Waals surface area contributed by atoms with Gasteiger partial charge in [0.25, 0.3) is 0 Å². The zero-order valence-corrected chi connectivity index (χ0v) is 9.37. The fourth-order valence-corrected chi connectivity index (χ4v) is 1.84. The van der Waals surface area contributed by atoms with Gasteiger partial charge in [-0.2, -0.15) is 0 Å². The van der Waals surface area contributed by atoms with E-state index in [0.29, 0.717) is 16.5 Å². The van der Waals surface area contributed by atoms with Crippen LogP contribution in [0.1, 0.15) is 5.56 Å². The zero-order valence-electron chi connectivity index (χ0n) is 9.37. The van der Waals surface area contributed by atoms with Crippen molar-refractivity contribution in [2.75, 3.05) is 7.11 Å². The average molecular weight is 236 g/mol. The predicted molar refractivity (Wildman–Crippen MR) is 62.0 cm³/mol. The standard InChI is InChI=1S/C12H13FN2O2/c1-17-12(16)9(14)5-7-6-15-10-4-2-3-8(13)11(7)10/h2-4,6,9,15H,5,14H2,1H3/t9-/m1/s1. The van der Waals surface area contributed by atoms with E-state index < -0.39 is 12.0 Å². The molecule has 3 N–H and O–H groups in total. The Morgan fingerprint density at radius 3 is 3.06 bits per heavy atom. The van der Waals surface area contributed by atoms with Gasteiger partial charge in [0.15, 0.2) is 0 Å². The first-order valence-electron chi connectivity index (χ1n) is 5.21. The van der Waals surface area contributed by atoms with Gasteiger partial charge in [-0.05, 0) is 17.7 Å². The van der Waals surface area contributed by atoms with Crippen LogP contribution in [-0.4, -0.2) is 24.1 Å². The van der Waals surface area contributed by atoms with E-state index in [1.807, 2.05) is 0 Å². The molecule has 2 aromatic rings. The van der Waals surface area contributed by atoms with Crippen LogP contribution in [0.2, 0.25) is 0 Å². The molecule has 0 aliphatic carbocycles. The van der Waals surface area contributed by atoms with E-state index >= 15 is 0 Å². The molecule has 0 radical (unpaired) electrons. The maximum absolute atomic E-state index is 13.6. The number of H-pyrrole nitrogens is 1. The Labute approximate surface area is 97.6 Å². The molecule has 0 amide bonds. The molecule has 0 unspecified atom stereocenters. The Morgan fingerprint density at radius 1 is 1.59 bits per heavy atom. The molecule has 1 atom stereocenters. The number of carbonyl (C=O) groups is 1. The van der Waals surface area contributed by atoms with Crippen LogP contribution in [0, 0.1) is 5.82 Å². The van der Waals surface area contributed by atoms with Gasteiger partial charge in [0.05, 0.1) is 7.11 Å². The molecule has 4 nitrogen and oxygen atoms in total. The lowest BCUT2D eigenvalue weighted by Crippen LogP contribution is -2.33. The molecule has 2 rings (SSSR count). The highest BCUT2D eigenvalue weighted by Gasteiger charge is 2.17. The molecule has 1 heterocycles. The summed E-state index contributed by atoms with van der Waals surface area (Å²) in [5, 5.41) is 0.479. The van der Waals surface area contributed by atoms with Gasteiger partial charge in [-0.1, -0.05) is 6.07 Å². The monoisotopic (exact) mass is 236 g/mol. The number of nitrogens with two attached hydrogens (primary N) is 1. The van der Waals surface area contributed by atoms with E-state index in [0.717, 1.165) is 0 Å². The van der Waals surface area contributed by atoms with Crippen LogP contribution in [0.5, 0.6) is 0 Å². The second-order valence-electron chi connectivity index (χ2n) is 3.81. The number of rotatable bonds is 3. The first-order chi connectivity index (χ1) is 8.13. The molecule has 0 saturated carbocycles. The van der Waals surface area contributed by atoms with Crippen LogP contribution < -0.4 is 5.73 Å². The summed E-state index contributed by atoms with van der Waals surface area (Å²) >= 11 is 0. The van der Waals surface area contributed by atoms with Gasteiger partial charge in [0, 0.05) is 23.5 Å². The Bertz CT molecular complexity index is 550. The average Bonchev–Trinajstić information content (AvgIpc) is 2.72. The Kier molecular flexibility index (Phi) is 3.10. The quantitative estimate of drug-likeness (QED) is 0.790. The molecule has 0 saturated heterocycles. The van der Waals surface area contributed by atoms with Crippen molar-refractivity contribution in [1.82, 2.24) is 4.98 Å². The highest BCUT2D eigenvalue weighted by molar-refractivity contribution is 5.85. The zero-order chi connectivity index (χ0) is 12.4. The number of aromatic amines is 1. The summed E-state index contributed by atoms with van der Waals surface area (Å²) in [6.45, 7) is 0. The molecule has 1 aromatic carbocycles. The molecular formula is C12H13FN2O2. The summed E-state index contributed by atoms with van der Waals surface area (Å²) in [7, 11) is 1.28. The lowest BCUT2D eigenvalue weighted by atomic mass is 10.1. The summed E-state index contributed by atoms with van der Waals surface area (Å²) in [4.78, 5) is 14.2. The molecule has 0 fully saturated rings. The van der Waals surface area contributed by atoms with Crippen molar-refractivity contribution in [2.45, 2.75) is 12.5 Å². The van der Waals surface area contributed by atoms with E-state index in [4.69, 9.17) is 5.73 Å². The first-order valence-corrected chi connectivity index (χ1v) is 5.21. The molecule has 0 aliphatic heterocycles. The van der Waals surface area contributed by atoms with Crippen LogP contribution in [0.4, 0.5) is 4.39 Å². The van der Waals surface area contributed by atoms with Crippen molar-refractivity contribution < 1.29 is 13.9 Å². The maximum atomic E-state index is 13.6. The van der Waals surface area contributed by atoms with Gasteiger partial charge < -0.3 is 15.5 Å². The Hall–Kier alpha value is -1.88. The second kappa shape index (κ2) is 4.55. The van der Waals surface area contributed by atoms with Crippen LogP contribution in [0.3, 0.4) is 0 Å². The lowest BCUT2D eigenvalue weighted by molar-refractivity contribution is -0.142. The van der Waals surface area contributed by atoms with Crippen molar-refractivity contribution in [3.63, 3.8) is 0 Å². The summed E-state index contributed by atoms with van der Waals surface area (Å²) in [6, 6.07) is 3.99. The van der Waals surface area contributed by atoms with Gasteiger partial charge >= 0.3 is 5.97 Å². The SMILES string of the molecule is COC(=O)[C@H](N)Cc1c[nH]c2cccc(F)c12. The number of hydrogen-bond acceptors (Lipinski definition) is 3. The number of fused-ring (bicyclic) bond motifs is 1. The number of nitrogens with one attached hydrogen (secondary N) is 1. The second-order valence-corrected chi connectivity index (χ2v) is 3.81. The van der Waals surface area contributed by atoms with Crippen LogP contribution in [0.25, 0.3) is 10.9 Å². The molecule has 1 aromatic heterocycles. The molecule has 5 heteroatoms. The van der Waals surface area contributed by atoms with Gasteiger partial charge in [0.2, 0.25) is 0 Å². The number of carbonyl (C=O) groups excluding carboxylic acids is 1. The van der Waals surface area contributed by atoms with E-state index in [1.165, 1.54) is 13.2 Å². The van der Waals surface area contributed by atoms with E-state index in [-0.39, 0.29) is 12.2 Å². The third-order valence-electron chi connectivity index (χ3n) is 2.68. The normalized spacial score (nSPS) is 12.6. The number of ether oxygens (including phenoxy) is 1. The number of aromatic nitrogens is 1. The summed E-state index contributed by atoms with van der Waals surface area (Å²) in [5.74, 6) is -0.827. The fraction of sp³-hybridized carbons (Fsp3) is 0.250. The van der Waals surface area contributed by atoms with E-state index in [9.17, 15) is 9.18 Å². The maximum Gasteiger partial charge on any atom is 0.322 e. The molecule has 90 valence electrons. The Balaban J connectivity index is 2.34. The van der Waals surface area contributed by atoms with Crippen molar-refractivity contribution in [2.24, 2.45) is 5.73 Å². The van der Waals surface area contributed by atoms with Crippen molar-refractivity contribution >= 4 is 16.9 Å². The first kappa shape index (κ1) is 11.6. The van der Waals surface area contributed by atoms with Crippen molar-refractivity contribution in [3.8, 4) is 0 Å².